The molecule has 1 aliphatic carbocycles. The summed E-state index contributed by atoms with van der Waals surface area (Å²) in [7, 11) is 0. The molecule has 1 fully saturated rings. The van der Waals surface area contributed by atoms with Crippen LogP contribution >= 0.6 is 0 Å². The third-order valence-electron chi connectivity index (χ3n) is 11.2. The highest BCUT2D eigenvalue weighted by Crippen LogP contribution is 2.60. The van der Waals surface area contributed by atoms with Crippen LogP contribution in [0.25, 0.3) is 0 Å². The third kappa shape index (κ3) is 6.10. The average molecular weight is 437 g/mol. The SMILES string of the molecule is CCC(C)C(C)(C)C(C)(C)CC(C)(C)C(C)(C)C1CC(C(C)(C)C)CC(C(C)(C)O)C1. The van der Waals surface area contributed by atoms with E-state index in [0.717, 1.165) is 12.8 Å². The summed E-state index contributed by atoms with van der Waals surface area (Å²) in [5.74, 6) is 2.40. The van der Waals surface area contributed by atoms with E-state index in [2.05, 4.69) is 90.0 Å². The van der Waals surface area contributed by atoms with Crippen molar-refractivity contribution in [3.63, 3.8) is 0 Å². The number of aliphatic hydroxyl groups is 1. The first-order valence-electron chi connectivity index (χ1n) is 13.2. The lowest BCUT2D eigenvalue weighted by atomic mass is 9.48. The van der Waals surface area contributed by atoms with E-state index in [1.807, 2.05) is 13.8 Å². The lowest BCUT2D eigenvalue weighted by molar-refractivity contribution is -0.0988. The molecule has 0 aromatic rings. The molecule has 0 amide bonds. The summed E-state index contributed by atoms with van der Waals surface area (Å²) in [5.41, 5.74) is 0.682. The highest BCUT2D eigenvalue weighted by atomic mass is 16.3. The number of rotatable bonds is 8. The van der Waals surface area contributed by atoms with E-state index >= 15 is 0 Å². The zero-order valence-electron chi connectivity index (χ0n) is 24.3. The molecule has 0 heterocycles. The molecule has 1 nitrogen and oxygen atoms in total. The Hall–Kier alpha value is -0.0400. The van der Waals surface area contributed by atoms with E-state index in [0.29, 0.717) is 34.5 Å². The summed E-state index contributed by atoms with van der Waals surface area (Å²) in [6, 6.07) is 0. The maximum atomic E-state index is 11.0. The van der Waals surface area contributed by atoms with Crippen LogP contribution in [-0.4, -0.2) is 10.7 Å². The van der Waals surface area contributed by atoms with E-state index in [-0.39, 0.29) is 16.2 Å². The Kier molecular flexibility index (Phi) is 8.38. The minimum absolute atomic E-state index is 0.212. The van der Waals surface area contributed by atoms with Crippen molar-refractivity contribution in [1.29, 1.82) is 0 Å². The van der Waals surface area contributed by atoms with Crippen LogP contribution in [0.1, 0.15) is 136 Å². The fraction of sp³-hybridized carbons (Fsp3) is 1.00. The summed E-state index contributed by atoms with van der Waals surface area (Å²) in [5, 5.41) is 11.0. The van der Waals surface area contributed by atoms with Crippen LogP contribution in [0.4, 0.5) is 0 Å². The molecule has 4 atom stereocenters. The number of hydrogen-bond acceptors (Lipinski definition) is 1. The van der Waals surface area contributed by atoms with E-state index in [1.54, 1.807) is 0 Å². The second kappa shape index (κ2) is 8.96. The van der Waals surface area contributed by atoms with Crippen molar-refractivity contribution < 1.29 is 5.11 Å². The van der Waals surface area contributed by atoms with Crippen LogP contribution in [0.3, 0.4) is 0 Å². The molecule has 1 heteroatoms. The lowest BCUT2D eigenvalue weighted by Crippen LogP contribution is -2.50. The quantitative estimate of drug-likeness (QED) is 0.401. The Morgan fingerprint density at radius 1 is 0.677 bits per heavy atom. The van der Waals surface area contributed by atoms with Gasteiger partial charge in [-0.1, -0.05) is 96.4 Å². The maximum absolute atomic E-state index is 11.0. The van der Waals surface area contributed by atoms with E-state index in [4.69, 9.17) is 0 Å². The molecule has 0 saturated heterocycles. The van der Waals surface area contributed by atoms with Crippen LogP contribution in [0, 0.1) is 50.7 Å². The van der Waals surface area contributed by atoms with Gasteiger partial charge in [0.05, 0.1) is 5.60 Å². The van der Waals surface area contributed by atoms with Crippen LogP contribution in [-0.2, 0) is 0 Å². The molecular weight excluding hydrogens is 376 g/mol. The van der Waals surface area contributed by atoms with Gasteiger partial charge in [-0.05, 0) is 90.3 Å². The summed E-state index contributed by atoms with van der Waals surface area (Å²) >= 11 is 0. The smallest absolute Gasteiger partial charge is 0.0620 e. The Labute approximate surface area is 197 Å². The molecule has 1 N–H and O–H groups in total. The monoisotopic (exact) mass is 436 g/mol. The second-order valence-electron chi connectivity index (χ2n) is 15.5. The molecule has 0 bridgehead atoms. The van der Waals surface area contributed by atoms with Gasteiger partial charge in [-0.25, -0.2) is 0 Å². The molecule has 0 radical (unpaired) electrons. The van der Waals surface area contributed by atoms with Crippen molar-refractivity contribution >= 4 is 0 Å². The van der Waals surface area contributed by atoms with Gasteiger partial charge in [0.15, 0.2) is 0 Å². The molecule has 0 aromatic heterocycles. The van der Waals surface area contributed by atoms with E-state index in [1.165, 1.54) is 19.3 Å². The Morgan fingerprint density at radius 2 is 1.10 bits per heavy atom. The Balaban J connectivity index is 3.28. The normalized spacial score (nSPS) is 26.1. The van der Waals surface area contributed by atoms with Gasteiger partial charge in [0.2, 0.25) is 0 Å². The van der Waals surface area contributed by atoms with Gasteiger partial charge in [0.25, 0.3) is 0 Å². The topological polar surface area (TPSA) is 20.2 Å². The van der Waals surface area contributed by atoms with Crippen LogP contribution < -0.4 is 0 Å². The van der Waals surface area contributed by atoms with Gasteiger partial charge in [-0.3, -0.25) is 0 Å². The minimum Gasteiger partial charge on any atom is -0.390 e. The summed E-state index contributed by atoms with van der Waals surface area (Å²) < 4.78 is 0. The van der Waals surface area contributed by atoms with Gasteiger partial charge >= 0.3 is 0 Å². The van der Waals surface area contributed by atoms with Crippen LogP contribution in [0.2, 0.25) is 0 Å². The average Bonchev–Trinajstić information content (AvgIpc) is 2.57. The molecule has 1 aliphatic rings. The first-order chi connectivity index (χ1) is 13.5. The van der Waals surface area contributed by atoms with Gasteiger partial charge in [0, 0.05) is 0 Å². The molecule has 0 spiro atoms. The highest BCUT2D eigenvalue weighted by Gasteiger charge is 2.52. The van der Waals surface area contributed by atoms with Gasteiger partial charge in [-0.15, -0.1) is 0 Å². The molecule has 31 heavy (non-hydrogen) atoms. The second-order valence-corrected chi connectivity index (χ2v) is 15.5. The first-order valence-corrected chi connectivity index (χ1v) is 13.2. The van der Waals surface area contributed by atoms with Crippen molar-refractivity contribution in [1.82, 2.24) is 0 Å². The molecule has 0 aromatic carbocycles. The predicted octanol–water partition coefficient (Wildman–Crippen LogP) is 9.38. The van der Waals surface area contributed by atoms with Crippen molar-refractivity contribution in [2.24, 2.45) is 50.7 Å². The Morgan fingerprint density at radius 3 is 1.48 bits per heavy atom. The summed E-state index contributed by atoms with van der Waals surface area (Å²) in [4.78, 5) is 0. The standard InChI is InChI=1S/C30H60O/c1-16-21(2)28(10,11)26(6,7)20-27(8,9)29(12,13)23-17-22(25(3,4)5)18-24(19-23)30(14,15)31/h21-24,31H,16-20H2,1-15H3. The minimum atomic E-state index is -0.597. The summed E-state index contributed by atoms with van der Waals surface area (Å²) in [6.45, 7) is 36.2. The van der Waals surface area contributed by atoms with Crippen molar-refractivity contribution in [2.75, 3.05) is 0 Å². The van der Waals surface area contributed by atoms with Crippen molar-refractivity contribution in [2.45, 2.75) is 142 Å². The first kappa shape index (κ1) is 29.0. The van der Waals surface area contributed by atoms with Gasteiger partial charge in [-0.2, -0.15) is 0 Å². The van der Waals surface area contributed by atoms with Crippen LogP contribution in [0.15, 0.2) is 0 Å². The molecule has 186 valence electrons. The van der Waals surface area contributed by atoms with Crippen molar-refractivity contribution in [3.05, 3.63) is 0 Å². The Bertz CT molecular complexity index is 557. The maximum Gasteiger partial charge on any atom is 0.0620 e. The zero-order chi connectivity index (χ0) is 24.8. The van der Waals surface area contributed by atoms with Crippen LogP contribution in [0.5, 0.6) is 0 Å². The summed E-state index contributed by atoms with van der Waals surface area (Å²) in [6.07, 6.45) is 6.08. The highest BCUT2D eigenvalue weighted by molar-refractivity contribution is 5.02. The predicted molar refractivity (Wildman–Crippen MR) is 139 cm³/mol. The zero-order valence-corrected chi connectivity index (χ0v) is 24.3. The van der Waals surface area contributed by atoms with Gasteiger partial charge in [0.1, 0.15) is 0 Å². The van der Waals surface area contributed by atoms with E-state index in [9.17, 15) is 5.11 Å². The molecule has 1 saturated carbocycles. The van der Waals surface area contributed by atoms with Crippen molar-refractivity contribution in [3.8, 4) is 0 Å². The molecule has 0 aliphatic heterocycles. The molecule has 4 unspecified atom stereocenters. The molecular formula is C30H60O. The fourth-order valence-corrected chi connectivity index (χ4v) is 6.48. The lowest BCUT2D eigenvalue weighted by Gasteiger charge is -2.57. The fourth-order valence-electron chi connectivity index (χ4n) is 6.48. The van der Waals surface area contributed by atoms with E-state index < -0.39 is 5.60 Å². The largest absolute Gasteiger partial charge is 0.390 e. The third-order valence-corrected chi connectivity index (χ3v) is 11.2. The molecule has 1 rings (SSSR count). The number of hydrogen-bond donors (Lipinski definition) is 1. The van der Waals surface area contributed by atoms with Gasteiger partial charge < -0.3 is 5.11 Å².